The zero-order valence-corrected chi connectivity index (χ0v) is 15.7. The zero-order chi connectivity index (χ0) is 19.1. The van der Waals surface area contributed by atoms with Crippen molar-refractivity contribution >= 4 is 6.03 Å². The summed E-state index contributed by atoms with van der Waals surface area (Å²) in [4.78, 5) is 16.5. The molecule has 1 fully saturated rings. The van der Waals surface area contributed by atoms with Crippen LogP contribution in [0.5, 0.6) is 5.75 Å². The summed E-state index contributed by atoms with van der Waals surface area (Å²) in [6, 6.07) is 14.5. The van der Waals surface area contributed by atoms with Gasteiger partial charge in [0.25, 0.3) is 0 Å². The third-order valence-electron chi connectivity index (χ3n) is 4.83. The number of methoxy groups -OCH3 is 1. The average molecular weight is 371 g/mol. The minimum Gasteiger partial charge on any atom is -0.497 e. The van der Waals surface area contributed by atoms with Crippen LogP contribution in [-0.2, 0) is 13.0 Å². The highest BCUT2D eigenvalue weighted by Gasteiger charge is 2.20. The number of hydrogen-bond acceptors (Lipinski definition) is 3. The van der Waals surface area contributed by atoms with Gasteiger partial charge in [0, 0.05) is 39.3 Å². The van der Waals surface area contributed by atoms with E-state index in [4.69, 9.17) is 4.74 Å². The summed E-state index contributed by atoms with van der Waals surface area (Å²) < 4.78 is 18.1. The second kappa shape index (κ2) is 9.37. The molecular weight excluding hydrogens is 345 g/mol. The molecule has 2 aromatic carbocycles. The summed E-state index contributed by atoms with van der Waals surface area (Å²) >= 11 is 0. The van der Waals surface area contributed by atoms with Crippen molar-refractivity contribution in [2.45, 2.75) is 13.0 Å². The maximum Gasteiger partial charge on any atom is 0.317 e. The Morgan fingerprint density at radius 3 is 2.26 bits per heavy atom. The lowest BCUT2D eigenvalue weighted by Crippen LogP contribution is -2.51. The number of rotatable bonds is 6. The van der Waals surface area contributed by atoms with Crippen LogP contribution in [-0.4, -0.2) is 55.7 Å². The van der Waals surface area contributed by atoms with E-state index in [0.717, 1.165) is 44.0 Å². The molecule has 27 heavy (non-hydrogen) atoms. The lowest BCUT2D eigenvalue weighted by Gasteiger charge is -2.34. The van der Waals surface area contributed by atoms with E-state index < -0.39 is 0 Å². The Balaban J connectivity index is 1.37. The van der Waals surface area contributed by atoms with Gasteiger partial charge in [-0.25, -0.2) is 9.18 Å². The molecule has 0 aromatic heterocycles. The number of hydrogen-bond donors (Lipinski definition) is 1. The van der Waals surface area contributed by atoms with Crippen molar-refractivity contribution < 1.29 is 13.9 Å². The smallest absolute Gasteiger partial charge is 0.317 e. The predicted molar refractivity (Wildman–Crippen MR) is 103 cm³/mol. The van der Waals surface area contributed by atoms with Crippen molar-refractivity contribution in [3.8, 4) is 5.75 Å². The van der Waals surface area contributed by atoms with Crippen LogP contribution in [0.3, 0.4) is 0 Å². The minimum absolute atomic E-state index is 0.0267. The number of ether oxygens (including phenoxy) is 1. The minimum atomic E-state index is -0.240. The lowest BCUT2D eigenvalue weighted by molar-refractivity contribution is 0.135. The number of halogens is 1. The van der Waals surface area contributed by atoms with E-state index in [9.17, 15) is 9.18 Å². The number of amides is 2. The largest absolute Gasteiger partial charge is 0.497 e. The fourth-order valence-electron chi connectivity index (χ4n) is 3.17. The third-order valence-corrected chi connectivity index (χ3v) is 4.83. The van der Waals surface area contributed by atoms with Gasteiger partial charge in [-0.2, -0.15) is 0 Å². The molecule has 0 saturated carbocycles. The lowest BCUT2D eigenvalue weighted by atomic mass is 10.1. The number of benzene rings is 2. The van der Waals surface area contributed by atoms with E-state index in [-0.39, 0.29) is 11.8 Å². The van der Waals surface area contributed by atoms with Gasteiger partial charge in [0.15, 0.2) is 0 Å². The van der Waals surface area contributed by atoms with Gasteiger partial charge in [-0.1, -0.05) is 24.3 Å². The first-order valence-electron chi connectivity index (χ1n) is 9.26. The molecule has 0 unspecified atom stereocenters. The van der Waals surface area contributed by atoms with Crippen molar-refractivity contribution in [1.82, 2.24) is 15.1 Å². The van der Waals surface area contributed by atoms with Gasteiger partial charge >= 0.3 is 6.03 Å². The number of carbonyl (C=O) groups is 1. The molecule has 0 spiro atoms. The van der Waals surface area contributed by atoms with Crippen LogP contribution in [0.2, 0.25) is 0 Å². The SMILES string of the molecule is COc1ccc(CN2CCN(C(=O)NCCc3ccc(F)cc3)CC2)cc1. The molecule has 3 rings (SSSR count). The van der Waals surface area contributed by atoms with Gasteiger partial charge in [0.1, 0.15) is 11.6 Å². The van der Waals surface area contributed by atoms with E-state index in [2.05, 4.69) is 22.3 Å². The molecule has 0 aliphatic carbocycles. The summed E-state index contributed by atoms with van der Waals surface area (Å²) in [6.07, 6.45) is 0.698. The Hall–Kier alpha value is -2.60. The molecule has 5 nitrogen and oxygen atoms in total. The number of carbonyl (C=O) groups excluding carboxylic acids is 1. The second-order valence-corrected chi connectivity index (χ2v) is 6.72. The highest BCUT2D eigenvalue weighted by Crippen LogP contribution is 2.14. The molecule has 1 aliphatic heterocycles. The van der Waals surface area contributed by atoms with Crippen molar-refractivity contribution in [2.24, 2.45) is 0 Å². The van der Waals surface area contributed by atoms with Crippen LogP contribution in [0.4, 0.5) is 9.18 Å². The Bertz CT molecular complexity index is 726. The van der Waals surface area contributed by atoms with Crippen molar-refractivity contribution in [1.29, 1.82) is 0 Å². The summed E-state index contributed by atoms with van der Waals surface area (Å²) in [5.41, 5.74) is 2.26. The first-order chi connectivity index (χ1) is 13.1. The van der Waals surface area contributed by atoms with Crippen LogP contribution < -0.4 is 10.1 Å². The van der Waals surface area contributed by atoms with Gasteiger partial charge < -0.3 is 15.0 Å². The highest BCUT2D eigenvalue weighted by molar-refractivity contribution is 5.74. The Kier molecular flexibility index (Phi) is 6.65. The van der Waals surface area contributed by atoms with E-state index in [1.165, 1.54) is 17.7 Å². The first-order valence-corrected chi connectivity index (χ1v) is 9.26. The molecule has 2 aromatic rings. The molecule has 0 bridgehead atoms. The van der Waals surface area contributed by atoms with E-state index in [0.29, 0.717) is 13.0 Å². The van der Waals surface area contributed by atoms with Crippen LogP contribution >= 0.6 is 0 Å². The molecule has 1 N–H and O–H groups in total. The maximum atomic E-state index is 12.9. The number of piperazine rings is 1. The van der Waals surface area contributed by atoms with Gasteiger partial charge in [-0.3, -0.25) is 4.90 Å². The van der Waals surface area contributed by atoms with Crippen LogP contribution in [0, 0.1) is 5.82 Å². The van der Waals surface area contributed by atoms with Crippen molar-refractivity contribution in [2.75, 3.05) is 39.8 Å². The molecule has 1 heterocycles. The van der Waals surface area contributed by atoms with Gasteiger partial charge in [-0.05, 0) is 41.8 Å². The summed E-state index contributed by atoms with van der Waals surface area (Å²) in [5.74, 6) is 0.621. The molecule has 144 valence electrons. The fourth-order valence-corrected chi connectivity index (χ4v) is 3.17. The second-order valence-electron chi connectivity index (χ2n) is 6.72. The molecular formula is C21H26FN3O2. The van der Waals surface area contributed by atoms with Gasteiger partial charge in [-0.15, -0.1) is 0 Å². The van der Waals surface area contributed by atoms with Gasteiger partial charge in [0.2, 0.25) is 0 Å². The summed E-state index contributed by atoms with van der Waals surface area (Å²) in [6.45, 7) is 4.59. The van der Waals surface area contributed by atoms with Crippen LogP contribution in [0.1, 0.15) is 11.1 Å². The molecule has 1 aliphatic rings. The quantitative estimate of drug-likeness (QED) is 0.849. The molecule has 0 atom stereocenters. The average Bonchev–Trinajstić information content (AvgIpc) is 2.70. The molecule has 2 amide bonds. The molecule has 6 heteroatoms. The number of urea groups is 1. The Labute approximate surface area is 159 Å². The topological polar surface area (TPSA) is 44.8 Å². The third kappa shape index (κ3) is 5.69. The van der Waals surface area contributed by atoms with Crippen molar-refractivity contribution in [3.05, 3.63) is 65.5 Å². The first kappa shape index (κ1) is 19.2. The molecule has 1 saturated heterocycles. The normalized spacial score (nSPS) is 14.8. The molecule has 0 radical (unpaired) electrons. The van der Waals surface area contributed by atoms with Gasteiger partial charge in [0.05, 0.1) is 7.11 Å². The summed E-state index contributed by atoms with van der Waals surface area (Å²) in [5, 5.41) is 2.95. The maximum absolute atomic E-state index is 12.9. The standard InChI is InChI=1S/C21H26FN3O2/c1-27-20-8-4-18(5-9-20)16-24-12-14-25(15-13-24)21(26)23-11-10-17-2-6-19(22)7-3-17/h2-9H,10-16H2,1H3,(H,23,26). The van der Waals surface area contributed by atoms with E-state index in [1.807, 2.05) is 17.0 Å². The van der Waals surface area contributed by atoms with Crippen LogP contribution in [0.15, 0.2) is 48.5 Å². The van der Waals surface area contributed by atoms with Crippen LogP contribution in [0.25, 0.3) is 0 Å². The van der Waals surface area contributed by atoms with Crippen molar-refractivity contribution in [3.63, 3.8) is 0 Å². The monoisotopic (exact) mass is 371 g/mol. The summed E-state index contributed by atoms with van der Waals surface area (Å²) in [7, 11) is 1.67. The number of nitrogens with zero attached hydrogens (tertiary/aromatic N) is 2. The Morgan fingerprint density at radius 2 is 1.63 bits per heavy atom. The zero-order valence-electron chi connectivity index (χ0n) is 15.7. The predicted octanol–water partition coefficient (Wildman–Crippen LogP) is 2.90. The Morgan fingerprint density at radius 1 is 1.00 bits per heavy atom. The van der Waals surface area contributed by atoms with E-state index in [1.54, 1.807) is 19.2 Å². The fraction of sp³-hybridized carbons (Fsp3) is 0.381. The number of nitrogens with one attached hydrogen (secondary N) is 1. The highest BCUT2D eigenvalue weighted by atomic mass is 19.1. The van der Waals surface area contributed by atoms with E-state index >= 15 is 0 Å².